The maximum absolute atomic E-state index is 12.6. The number of aromatic nitrogens is 2. The van der Waals surface area contributed by atoms with Crippen LogP contribution in [0.1, 0.15) is 48.7 Å². The molecule has 0 atom stereocenters. The van der Waals surface area contributed by atoms with E-state index in [9.17, 15) is 9.59 Å². The highest BCUT2D eigenvalue weighted by atomic mass is 16.3. The number of carbonyl (C=O) groups is 1. The van der Waals surface area contributed by atoms with Gasteiger partial charge in [-0.25, -0.2) is 4.68 Å². The van der Waals surface area contributed by atoms with Gasteiger partial charge in [-0.3, -0.25) is 9.59 Å². The number of hydrogen-bond acceptors (Lipinski definition) is 4. The van der Waals surface area contributed by atoms with Gasteiger partial charge in [0, 0.05) is 12.1 Å². The predicted octanol–water partition coefficient (Wildman–Crippen LogP) is 3.75. The number of rotatable bonds is 3. The molecule has 0 radical (unpaired) electrons. The number of carbonyl (C=O) groups excluding carboxylic acids is 1. The molecule has 3 aromatic rings. The lowest BCUT2D eigenvalue weighted by molar-refractivity contribution is 0.0995. The van der Waals surface area contributed by atoms with Crippen LogP contribution < -0.4 is 10.7 Å². The third-order valence-corrected chi connectivity index (χ3v) is 4.69. The van der Waals surface area contributed by atoms with Crippen molar-refractivity contribution in [1.82, 2.24) is 9.78 Å². The van der Waals surface area contributed by atoms with Crippen LogP contribution in [0.3, 0.4) is 0 Å². The molecule has 0 spiro atoms. The molecule has 128 valence electrons. The van der Waals surface area contributed by atoms with Crippen LogP contribution in [0.2, 0.25) is 0 Å². The van der Waals surface area contributed by atoms with Crippen molar-refractivity contribution in [3.8, 4) is 0 Å². The number of para-hydroxylation sites is 1. The van der Waals surface area contributed by atoms with E-state index >= 15 is 0 Å². The molecule has 25 heavy (non-hydrogen) atoms. The van der Waals surface area contributed by atoms with E-state index in [4.69, 9.17) is 4.42 Å². The van der Waals surface area contributed by atoms with Crippen LogP contribution in [0, 0.1) is 0 Å². The van der Waals surface area contributed by atoms with Gasteiger partial charge in [0.15, 0.2) is 11.2 Å². The monoisotopic (exact) mass is 337 g/mol. The number of nitrogens with one attached hydrogen (secondary N) is 1. The van der Waals surface area contributed by atoms with E-state index in [2.05, 4.69) is 10.4 Å². The van der Waals surface area contributed by atoms with E-state index in [0.29, 0.717) is 22.8 Å². The molecule has 0 aliphatic heterocycles. The summed E-state index contributed by atoms with van der Waals surface area (Å²) in [6.07, 6.45) is 7.42. The lowest BCUT2D eigenvalue weighted by atomic mass is 9.96. The van der Waals surface area contributed by atoms with Crippen molar-refractivity contribution in [2.75, 3.05) is 5.32 Å². The second-order valence-corrected chi connectivity index (χ2v) is 6.38. The molecular formula is C19H19N3O3. The van der Waals surface area contributed by atoms with Crippen molar-refractivity contribution in [2.45, 2.75) is 38.1 Å². The molecule has 6 nitrogen and oxygen atoms in total. The van der Waals surface area contributed by atoms with E-state index in [1.807, 2.05) is 4.68 Å². The van der Waals surface area contributed by atoms with Crippen LogP contribution >= 0.6 is 0 Å². The van der Waals surface area contributed by atoms with Crippen molar-refractivity contribution >= 4 is 22.7 Å². The predicted molar refractivity (Wildman–Crippen MR) is 94.8 cm³/mol. The van der Waals surface area contributed by atoms with Crippen LogP contribution in [-0.2, 0) is 0 Å². The van der Waals surface area contributed by atoms with Crippen LogP contribution in [0.15, 0.2) is 51.8 Å². The fourth-order valence-electron chi connectivity index (χ4n) is 3.42. The van der Waals surface area contributed by atoms with Gasteiger partial charge in [-0.1, -0.05) is 31.4 Å². The second kappa shape index (κ2) is 6.55. The standard InChI is InChI=1S/C19H19N3O3/c23-15-12-17(25-16-9-5-4-8-14(15)16)19(24)21-18-10-11-20-22(18)13-6-2-1-3-7-13/h4-5,8-13H,1-3,6-7H2,(H,21,24). The zero-order chi connectivity index (χ0) is 17.2. The van der Waals surface area contributed by atoms with Gasteiger partial charge in [0.05, 0.1) is 17.6 Å². The first-order chi connectivity index (χ1) is 12.2. The molecule has 0 unspecified atom stereocenters. The average molecular weight is 337 g/mol. The van der Waals surface area contributed by atoms with Crippen LogP contribution in [0.25, 0.3) is 11.0 Å². The summed E-state index contributed by atoms with van der Waals surface area (Å²) in [6.45, 7) is 0. The molecule has 1 aromatic carbocycles. The Balaban J connectivity index is 1.61. The fraction of sp³-hybridized carbons (Fsp3) is 0.316. The van der Waals surface area contributed by atoms with Gasteiger partial charge in [-0.15, -0.1) is 0 Å². The van der Waals surface area contributed by atoms with E-state index < -0.39 is 5.91 Å². The van der Waals surface area contributed by atoms with Crippen LogP contribution in [0.4, 0.5) is 5.82 Å². The third kappa shape index (κ3) is 3.07. The van der Waals surface area contributed by atoms with E-state index in [1.165, 1.54) is 25.3 Å². The lowest BCUT2D eigenvalue weighted by Gasteiger charge is -2.23. The van der Waals surface area contributed by atoms with Gasteiger partial charge in [0.1, 0.15) is 11.4 Å². The lowest BCUT2D eigenvalue weighted by Crippen LogP contribution is -2.21. The van der Waals surface area contributed by atoms with Crippen LogP contribution in [-0.4, -0.2) is 15.7 Å². The highest BCUT2D eigenvalue weighted by molar-refractivity contribution is 6.02. The molecule has 6 heteroatoms. The van der Waals surface area contributed by atoms with Crippen molar-refractivity contribution < 1.29 is 9.21 Å². The van der Waals surface area contributed by atoms with Crippen molar-refractivity contribution in [3.63, 3.8) is 0 Å². The number of hydrogen-bond donors (Lipinski definition) is 1. The summed E-state index contributed by atoms with van der Waals surface area (Å²) in [5.74, 6) is 0.188. The Kier molecular flexibility index (Phi) is 4.09. The minimum Gasteiger partial charge on any atom is -0.451 e. The molecule has 1 N–H and O–H groups in total. The Morgan fingerprint density at radius 3 is 2.80 bits per heavy atom. The number of anilines is 1. The van der Waals surface area contributed by atoms with Gasteiger partial charge >= 0.3 is 0 Å². The molecule has 4 rings (SSSR count). The van der Waals surface area contributed by atoms with Crippen LogP contribution in [0.5, 0.6) is 0 Å². The normalized spacial score (nSPS) is 15.4. The highest BCUT2D eigenvalue weighted by Gasteiger charge is 2.20. The van der Waals surface area contributed by atoms with Crippen molar-refractivity contribution in [2.24, 2.45) is 0 Å². The number of benzene rings is 1. The van der Waals surface area contributed by atoms with E-state index in [-0.39, 0.29) is 11.2 Å². The first kappa shape index (κ1) is 15.6. The Bertz CT molecular complexity index is 967. The minimum absolute atomic E-state index is 0.0000872. The quantitative estimate of drug-likeness (QED) is 0.789. The van der Waals surface area contributed by atoms with Gasteiger partial charge in [0.2, 0.25) is 0 Å². The molecule has 2 aromatic heterocycles. The second-order valence-electron chi connectivity index (χ2n) is 6.38. The summed E-state index contributed by atoms with van der Waals surface area (Å²) < 4.78 is 7.47. The molecular weight excluding hydrogens is 318 g/mol. The summed E-state index contributed by atoms with van der Waals surface area (Å²) in [4.78, 5) is 24.7. The van der Waals surface area contributed by atoms with Gasteiger partial charge in [-0.2, -0.15) is 5.10 Å². The zero-order valence-electron chi connectivity index (χ0n) is 13.8. The first-order valence-corrected chi connectivity index (χ1v) is 8.60. The smallest absolute Gasteiger partial charge is 0.292 e. The first-order valence-electron chi connectivity index (χ1n) is 8.60. The molecule has 0 saturated heterocycles. The molecule has 1 saturated carbocycles. The summed E-state index contributed by atoms with van der Waals surface area (Å²) in [7, 11) is 0. The van der Waals surface area contributed by atoms with Gasteiger partial charge in [-0.05, 0) is 25.0 Å². The maximum Gasteiger partial charge on any atom is 0.292 e. The Morgan fingerprint density at radius 2 is 1.96 bits per heavy atom. The van der Waals surface area contributed by atoms with E-state index in [1.54, 1.807) is 36.5 Å². The van der Waals surface area contributed by atoms with E-state index in [0.717, 1.165) is 12.8 Å². The van der Waals surface area contributed by atoms with Gasteiger partial charge in [0.25, 0.3) is 5.91 Å². The molecule has 1 amide bonds. The Labute approximate surface area is 144 Å². The SMILES string of the molecule is O=C(Nc1ccnn1C1CCCCC1)c1cc(=O)c2ccccc2o1. The largest absolute Gasteiger partial charge is 0.451 e. The van der Waals surface area contributed by atoms with Crippen molar-refractivity contribution in [3.05, 3.63) is 58.6 Å². The topological polar surface area (TPSA) is 77.1 Å². The number of nitrogens with zero attached hydrogens (tertiary/aromatic N) is 2. The summed E-state index contributed by atoms with van der Waals surface area (Å²) in [6, 6.07) is 10.2. The summed E-state index contributed by atoms with van der Waals surface area (Å²) in [5.41, 5.74) is 0.175. The molecule has 2 heterocycles. The minimum atomic E-state index is -0.444. The Hall–Kier alpha value is -2.89. The molecule has 0 bridgehead atoms. The Morgan fingerprint density at radius 1 is 1.16 bits per heavy atom. The molecule has 1 fully saturated rings. The van der Waals surface area contributed by atoms with Crippen molar-refractivity contribution in [1.29, 1.82) is 0 Å². The maximum atomic E-state index is 12.6. The fourth-order valence-corrected chi connectivity index (χ4v) is 3.42. The number of fused-ring (bicyclic) bond motifs is 1. The number of amides is 1. The average Bonchev–Trinajstić information content (AvgIpc) is 3.10. The van der Waals surface area contributed by atoms with Gasteiger partial charge < -0.3 is 9.73 Å². The highest BCUT2D eigenvalue weighted by Crippen LogP contribution is 2.30. The third-order valence-electron chi connectivity index (χ3n) is 4.69. The molecule has 1 aliphatic rings. The summed E-state index contributed by atoms with van der Waals surface area (Å²) in [5, 5.41) is 7.65. The summed E-state index contributed by atoms with van der Waals surface area (Å²) >= 11 is 0. The zero-order valence-corrected chi connectivity index (χ0v) is 13.8. The molecule has 1 aliphatic carbocycles.